The van der Waals surface area contributed by atoms with Crippen LogP contribution in [0.3, 0.4) is 0 Å². The fourth-order valence-corrected chi connectivity index (χ4v) is 5.99. The van der Waals surface area contributed by atoms with Gasteiger partial charge in [0.05, 0.1) is 21.8 Å². The fourth-order valence-electron chi connectivity index (χ4n) is 4.91. The van der Waals surface area contributed by atoms with Crippen molar-refractivity contribution in [2.45, 2.75) is 70.7 Å². The molecule has 0 fully saturated rings. The first-order valence-corrected chi connectivity index (χ1v) is 15.5. The number of aromatic nitrogens is 1. The second-order valence-electron chi connectivity index (χ2n) is 10.1. The van der Waals surface area contributed by atoms with E-state index in [4.69, 9.17) is 4.99 Å². The lowest BCUT2D eigenvalue weighted by Gasteiger charge is -2.20. The van der Waals surface area contributed by atoms with Crippen LogP contribution in [0.15, 0.2) is 100 Å². The highest BCUT2D eigenvalue weighted by atomic mass is 32.2. The van der Waals surface area contributed by atoms with E-state index in [1.165, 1.54) is 26.7 Å². The second kappa shape index (κ2) is 15.4. The van der Waals surface area contributed by atoms with Crippen LogP contribution in [0.5, 0.6) is 5.75 Å². The van der Waals surface area contributed by atoms with Crippen LogP contribution in [0.2, 0.25) is 0 Å². The van der Waals surface area contributed by atoms with Crippen molar-refractivity contribution in [2.75, 3.05) is 18.0 Å². The molecule has 210 valence electrons. The molecule has 2 aliphatic heterocycles. The van der Waals surface area contributed by atoms with Gasteiger partial charge in [-0.25, -0.2) is 0 Å². The van der Waals surface area contributed by atoms with E-state index >= 15 is 0 Å². The molecule has 0 bridgehead atoms. The summed E-state index contributed by atoms with van der Waals surface area (Å²) in [5.41, 5.74) is 4.77. The standard InChI is InChI=1S/C35H43N3OS/c1-4-7-10-12-23-37-25-21-28(31-19-17-29(26-32(31)37)36-22-9-6-3)15-14-16-35-38(24-13-11-8-5-2)33-27-30(39)18-20-34(33)40-35/h4-5,7-8,14-21,25-27,39H,6,9-13,22-24H2,1-3H3/b7-4+,8-5+,15-14-,35-16-,36-29?. The molecule has 0 unspecified atom stereocenters. The van der Waals surface area contributed by atoms with Crippen molar-refractivity contribution in [1.29, 1.82) is 0 Å². The maximum atomic E-state index is 10.1. The zero-order chi connectivity index (χ0) is 28.2. The van der Waals surface area contributed by atoms with Gasteiger partial charge in [0.1, 0.15) is 5.75 Å². The Morgan fingerprint density at radius 2 is 1.73 bits per heavy atom. The Morgan fingerprint density at radius 3 is 2.50 bits per heavy atom. The van der Waals surface area contributed by atoms with Crippen LogP contribution in [0.4, 0.5) is 5.69 Å². The average molecular weight is 554 g/mol. The van der Waals surface area contributed by atoms with Crippen LogP contribution in [0, 0.1) is 0 Å². The number of aromatic hydroxyl groups is 1. The summed E-state index contributed by atoms with van der Waals surface area (Å²) >= 11 is 1.77. The number of nitrogens with zero attached hydrogens (tertiary/aromatic N) is 3. The van der Waals surface area contributed by atoms with Crippen molar-refractivity contribution in [2.24, 2.45) is 4.99 Å². The highest BCUT2D eigenvalue weighted by molar-refractivity contribution is 8.03. The van der Waals surface area contributed by atoms with Crippen LogP contribution >= 0.6 is 11.8 Å². The zero-order valence-corrected chi connectivity index (χ0v) is 25.0. The van der Waals surface area contributed by atoms with E-state index in [0.717, 1.165) is 69.2 Å². The Kier molecular flexibility index (Phi) is 11.4. The van der Waals surface area contributed by atoms with Crippen LogP contribution in [-0.2, 0) is 6.54 Å². The number of hydrogen-bond acceptors (Lipinski definition) is 4. The van der Waals surface area contributed by atoms with E-state index in [2.05, 4.69) is 103 Å². The van der Waals surface area contributed by atoms with Crippen molar-refractivity contribution >= 4 is 23.5 Å². The molecule has 1 N–H and O–H groups in total. The van der Waals surface area contributed by atoms with Crippen LogP contribution in [0.1, 0.15) is 64.9 Å². The second-order valence-corrected chi connectivity index (χ2v) is 11.2. The molecule has 3 aliphatic rings. The number of thioether (sulfide) groups is 1. The third kappa shape index (κ3) is 7.82. The number of hydrogen-bond donors (Lipinski definition) is 1. The predicted molar refractivity (Wildman–Crippen MR) is 173 cm³/mol. The van der Waals surface area contributed by atoms with E-state index in [-0.39, 0.29) is 0 Å². The number of phenols is 1. The van der Waals surface area contributed by atoms with Gasteiger partial charge in [-0.15, -0.1) is 0 Å². The van der Waals surface area contributed by atoms with Crippen molar-refractivity contribution < 1.29 is 5.11 Å². The maximum absolute atomic E-state index is 10.1. The van der Waals surface area contributed by atoms with Crippen molar-refractivity contribution in [3.8, 4) is 17.0 Å². The van der Waals surface area contributed by atoms with E-state index < -0.39 is 0 Å². The smallest absolute Gasteiger partial charge is 0.117 e. The molecule has 1 aliphatic carbocycles. The topological polar surface area (TPSA) is 40.8 Å². The molecule has 4 rings (SSSR count). The molecule has 1 aromatic rings. The van der Waals surface area contributed by atoms with E-state index in [1.54, 1.807) is 17.8 Å². The molecule has 0 atom stereocenters. The molecular formula is C35H43N3OS. The molecule has 0 radical (unpaired) electrons. The molecule has 0 aromatic heterocycles. The largest absolute Gasteiger partial charge is 0.508 e. The van der Waals surface area contributed by atoms with Gasteiger partial charge in [-0.1, -0.05) is 67.6 Å². The Bertz CT molecular complexity index is 1410. The third-order valence-corrected chi connectivity index (χ3v) is 8.19. The SMILES string of the molecule is C/C=C/CCCN1/C(=C/C=C\c2ccn(CCC/C=C/C)c3cc(=NCCCC)ccc2-3)Sc2ccc(O)cc21. The monoisotopic (exact) mass is 553 g/mol. The van der Waals surface area contributed by atoms with Crippen molar-refractivity contribution in [3.63, 3.8) is 0 Å². The summed E-state index contributed by atoms with van der Waals surface area (Å²) in [7, 11) is 0. The number of fused-ring (bicyclic) bond motifs is 2. The Hall–Kier alpha value is -3.44. The summed E-state index contributed by atoms with van der Waals surface area (Å²) in [6, 6.07) is 14.5. The fraction of sp³-hybridized carbons (Fsp3) is 0.343. The van der Waals surface area contributed by atoms with Gasteiger partial charge in [0.25, 0.3) is 0 Å². The summed E-state index contributed by atoms with van der Waals surface area (Å²) in [6.45, 7) is 9.13. The van der Waals surface area contributed by atoms with E-state index in [1.807, 2.05) is 12.1 Å². The van der Waals surface area contributed by atoms with Gasteiger partial charge >= 0.3 is 0 Å². The number of benzene rings is 2. The molecule has 4 nitrogen and oxygen atoms in total. The van der Waals surface area contributed by atoms with E-state index in [0.29, 0.717) is 5.75 Å². The Morgan fingerprint density at radius 1 is 0.925 bits per heavy atom. The first-order chi connectivity index (χ1) is 19.6. The summed E-state index contributed by atoms with van der Waals surface area (Å²) in [5.74, 6) is 0.310. The van der Waals surface area contributed by atoms with Gasteiger partial charge in [0.15, 0.2) is 0 Å². The first kappa shape index (κ1) is 29.5. The predicted octanol–water partition coefficient (Wildman–Crippen LogP) is 9.18. The van der Waals surface area contributed by atoms with Crippen LogP contribution < -0.4 is 10.3 Å². The first-order valence-electron chi connectivity index (χ1n) is 14.7. The number of unbranched alkanes of at least 4 members (excludes halogenated alkanes) is 3. The van der Waals surface area contributed by atoms with Gasteiger partial charge < -0.3 is 14.6 Å². The summed E-state index contributed by atoms with van der Waals surface area (Å²) in [5, 5.41) is 12.4. The van der Waals surface area contributed by atoms with Gasteiger partial charge in [-0.05, 0) is 87.9 Å². The molecule has 0 saturated carbocycles. The van der Waals surface area contributed by atoms with Crippen molar-refractivity contribution in [1.82, 2.24) is 4.57 Å². The number of pyridine rings is 1. The number of allylic oxidation sites excluding steroid dienone is 6. The summed E-state index contributed by atoms with van der Waals surface area (Å²) in [4.78, 5) is 8.35. The highest BCUT2D eigenvalue weighted by Crippen LogP contribution is 2.47. The molecule has 0 spiro atoms. The van der Waals surface area contributed by atoms with Gasteiger partial charge in [0, 0.05) is 42.4 Å². The molecule has 0 saturated heterocycles. The minimum Gasteiger partial charge on any atom is -0.508 e. The van der Waals surface area contributed by atoms with Crippen LogP contribution in [-0.4, -0.2) is 22.8 Å². The quantitative estimate of drug-likeness (QED) is 0.169. The minimum absolute atomic E-state index is 0.310. The molecule has 0 amide bonds. The van der Waals surface area contributed by atoms with Gasteiger partial charge in [0.2, 0.25) is 0 Å². The lowest BCUT2D eigenvalue weighted by atomic mass is 10.0. The lowest BCUT2D eigenvalue weighted by Crippen LogP contribution is -2.18. The number of phenolic OH excluding ortho intramolecular Hbond substituents is 1. The Balaban J connectivity index is 1.62. The molecule has 1 aromatic carbocycles. The van der Waals surface area contributed by atoms with Crippen LogP contribution in [0.25, 0.3) is 17.3 Å². The number of rotatable bonds is 13. The number of aryl methyl sites for hydroxylation is 1. The third-order valence-electron chi connectivity index (χ3n) is 7.06. The van der Waals surface area contributed by atoms with Gasteiger partial charge in [-0.2, -0.15) is 0 Å². The molecule has 2 heterocycles. The lowest BCUT2D eigenvalue weighted by molar-refractivity contribution is 0.475. The highest BCUT2D eigenvalue weighted by Gasteiger charge is 2.24. The maximum Gasteiger partial charge on any atom is 0.117 e. The van der Waals surface area contributed by atoms with E-state index in [9.17, 15) is 5.11 Å². The van der Waals surface area contributed by atoms with Gasteiger partial charge in [-0.3, -0.25) is 4.99 Å². The molecular weight excluding hydrogens is 510 g/mol. The number of anilines is 1. The van der Waals surface area contributed by atoms with Crippen molar-refractivity contribution in [3.05, 3.63) is 101 Å². The average Bonchev–Trinajstić information content (AvgIpc) is 3.30. The molecule has 40 heavy (non-hydrogen) atoms. The summed E-state index contributed by atoms with van der Waals surface area (Å²) < 4.78 is 2.37. The normalized spacial score (nSPS) is 15.1. The molecule has 5 heteroatoms. The Labute approximate surface area is 244 Å². The minimum atomic E-state index is 0.310. The summed E-state index contributed by atoms with van der Waals surface area (Å²) in [6.07, 6.45) is 24.1. The zero-order valence-electron chi connectivity index (χ0n) is 24.2.